The minimum Gasteiger partial charge on any atom is -0.398 e. The fourth-order valence-electron chi connectivity index (χ4n) is 1.62. The van der Waals surface area contributed by atoms with E-state index in [1.54, 1.807) is 42.1 Å². The summed E-state index contributed by atoms with van der Waals surface area (Å²) in [7, 11) is 0. The average Bonchev–Trinajstić information content (AvgIpc) is 2.38. The summed E-state index contributed by atoms with van der Waals surface area (Å²) >= 11 is 13.5. The molecule has 0 aromatic heterocycles. The summed E-state index contributed by atoms with van der Waals surface area (Å²) in [5.74, 6) is 0.150. The summed E-state index contributed by atoms with van der Waals surface area (Å²) < 4.78 is 0. The van der Waals surface area contributed by atoms with E-state index in [2.05, 4.69) is 0 Å². The second-order valence-corrected chi connectivity index (χ2v) is 6.00. The molecule has 2 aromatic carbocycles. The number of halogens is 2. The van der Waals surface area contributed by atoms with Gasteiger partial charge in [-0.15, -0.1) is 11.8 Å². The lowest BCUT2D eigenvalue weighted by atomic mass is 10.1. The standard InChI is InChI=1S/C14H12Cl2N2OS/c15-10-3-4-13(12(17)6-10)20-7-9-2-1-8(14(18)19)5-11(9)16/h1-6H,7,17H2,(H2,18,19). The lowest BCUT2D eigenvalue weighted by Crippen LogP contribution is -2.10. The predicted molar refractivity (Wildman–Crippen MR) is 85.4 cm³/mol. The Hall–Kier alpha value is -1.36. The molecule has 0 aliphatic rings. The van der Waals surface area contributed by atoms with Crippen molar-refractivity contribution in [1.29, 1.82) is 0 Å². The zero-order valence-corrected chi connectivity index (χ0v) is 12.7. The Balaban J connectivity index is 2.13. The minimum atomic E-state index is -0.493. The number of amides is 1. The predicted octanol–water partition coefficient (Wildman–Crippen LogP) is 3.97. The van der Waals surface area contributed by atoms with Gasteiger partial charge in [-0.25, -0.2) is 0 Å². The van der Waals surface area contributed by atoms with Gasteiger partial charge in [0.25, 0.3) is 0 Å². The zero-order chi connectivity index (χ0) is 14.7. The van der Waals surface area contributed by atoms with Crippen molar-refractivity contribution in [2.75, 3.05) is 5.73 Å². The zero-order valence-electron chi connectivity index (χ0n) is 10.4. The van der Waals surface area contributed by atoms with Crippen LogP contribution in [0.15, 0.2) is 41.3 Å². The molecule has 0 saturated heterocycles. The molecule has 0 aliphatic heterocycles. The van der Waals surface area contributed by atoms with Crippen molar-refractivity contribution in [2.45, 2.75) is 10.6 Å². The van der Waals surface area contributed by atoms with E-state index >= 15 is 0 Å². The van der Waals surface area contributed by atoms with Crippen LogP contribution in [-0.4, -0.2) is 5.91 Å². The number of nitrogen functional groups attached to an aromatic ring is 1. The van der Waals surface area contributed by atoms with Gasteiger partial charge in [-0.2, -0.15) is 0 Å². The van der Waals surface area contributed by atoms with Gasteiger partial charge in [-0.3, -0.25) is 4.79 Å². The minimum absolute atomic E-state index is 0.398. The van der Waals surface area contributed by atoms with E-state index in [9.17, 15) is 4.79 Å². The molecular formula is C14H12Cl2N2OS. The first-order chi connectivity index (χ1) is 9.47. The normalized spacial score (nSPS) is 10.5. The Morgan fingerprint density at radius 1 is 1.15 bits per heavy atom. The van der Waals surface area contributed by atoms with E-state index in [-0.39, 0.29) is 0 Å². The first-order valence-electron chi connectivity index (χ1n) is 5.73. The quantitative estimate of drug-likeness (QED) is 0.659. The molecule has 4 N–H and O–H groups in total. The molecule has 0 heterocycles. The maximum Gasteiger partial charge on any atom is 0.248 e. The molecule has 104 valence electrons. The Morgan fingerprint density at radius 3 is 2.50 bits per heavy atom. The second-order valence-electron chi connectivity index (χ2n) is 4.14. The molecule has 2 rings (SSSR count). The van der Waals surface area contributed by atoms with Gasteiger partial charge in [0.15, 0.2) is 0 Å². The van der Waals surface area contributed by atoms with Crippen molar-refractivity contribution in [2.24, 2.45) is 5.73 Å². The van der Waals surface area contributed by atoms with Crippen LogP contribution < -0.4 is 11.5 Å². The third-order valence-corrected chi connectivity index (χ3v) is 4.42. The van der Waals surface area contributed by atoms with Crippen molar-refractivity contribution >= 4 is 46.6 Å². The van der Waals surface area contributed by atoms with Gasteiger partial charge in [0.1, 0.15) is 0 Å². The summed E-state index contributed by atoms with van der Waals surface area (Å²) in [5.41, 5.74) is 13.0. The number of carbonyl (C=O) groups is 1. The Bertz CT molecular complexity index is 662. The average molecular weight is 327 g/mol. The van der Waals surface area contributed by atoms with Gasteiger partial charge in [0.2, 0.25) is 5.91 Å². The fourth-order valence-corrected chi connectivity index (χ4v) is 3.08. The molecule has 0 radical (unpaired) electrons. The second kappa shape index (κ2) is 6.39. The topological polar surface area (TPSA) is 69.1 Å². The van der Waals surface area contributed by atoms with E-state index in [1.165, 1.54) is 0 Å². The number of carbonyl (C=O) groups excluding carboxylic acids is 1. The van der Waals surface area contributed by atoms with Crippen molar-refractivity contribution < 1.29 is 4.79 Å². The van der Waals surface area contributed by atoms with Crippen LogP contribution in [0.2, 0.25) is 10.0 Å². The number of benzene rings is 2. The monoisotopic (exact) mass is 326 g/mol. The van der Waals surface area contributed by atoms with Gasteiger partial charge in [-0.1, -0.05) is 29.3 Å². The van der Waals surface area contributed by atoms with Crippen molar-refractivity contribution in [3.8, 4) is 0 Å². The Morgan fingerprint density at radius 2 is 1.90 bits per heavy atom. The smallest absolute Gasteiger partial charge is 0.248 e. The number of primary amides is 1. The molecule has 3 nitrogen and oxygen atoms in total. The third-order valence-electron chi connectivity index (χ3n) is 2.69. The van der Waals surface area contributed by atoms with Crippen molar-refractivity contribution in [3.05, 3.63) is 57.6 Å². The molecule has 20 heavy (non-hydrogen) atoms. The molecule has 0 atom stereocenters. The largest absolute Gasteiger partial charge is 0.398 e. The van der Waals surface area contributed by atoms with Gasteiger partial charge in [-0.05, 0) is 35.9 Å². The summed E-state index contributed by atoms with van der Waals surface area (Å²) in [6.07, 6.45) is 0. The summed E-state index contributed by atoms with van der Waals surface area (Å²) in [4.78, 5) is 12.0. The maximum atomic E-state index is 11.0. The van der Waals surface area contributed by atoms with E-state index < -0.39 is 5.91 Å². The highest BCUT2D eigenvalue weighted by atomic mass is 35.5. The summed E-state index contributed by atoms with van der Waals surface area (Å²) in [6.45, 7) is 0. The van der Waals surface area contributed by atoms with Crippen molar-refractivity contribution in [3.63, 3.8) is 0 Å². The van der Waals surface area contributed by atoms with E-state index in [1.807, 2.05) is 6.07 Å². The molecule has 0 fully saturated rings. The first kappa shape index (κ1) is 15.0. The number of hydrogen-bond donors (Lipinski definition) is 2. The van der Waals surface area contributed by atoms with Crippen LogP contribution in [0.1, 0.15) is 15.9 Å². The van der Waals surface area contributed by atoms with Gasteiger partial charge >= 0.3 is 0 Å². The van der Waals surface area contributed by atoms with Crippen LogP contribution in [0.25, 0.3) is 0 Å². The van der Waals surface area contributed by atoms with Crippen LogP contribution >= 0.6 is 35.0 Å². The molecule has 2 aromatic rings. The molecule has 0 unspecified atom stereocenters. The van der Waals surface area contributed by atoms with E-state index in [0.29, 0.717) is 27.0 Å². The number of nitrogens with two attached hydrogens (primary N) is 2. The number of thioether (sulfide) groups is 1. The van der Waals surface area contributed by atoms with Gasteiger partial charge in [0.05, 0.1) is 0 Å². The van der Waals surface area contributed by atoms with Crippen LogP contribution in [-0.2, 0) is 5.75 Å². The Kier molecular flexibility index (Phi) is 4.81. The number of hydrogen-bond acceptors (Lipinski definition) is 3. The molecule has 6 heteroatoms. The van der Waals surface area contributed by atoms with Gasteiger partial charge < -0.3 is 11.5 Å². The molecule has 0 spiro atoms. The third kappa shape index (κ3) is 3.60. The highest BCUT2D eigenvalue weighted by Gasteiger charge is 2.07. The van der Waals surface area contributed by atoms with Crippen LogP contribution in [0, 0.1) is 0 Å². The van der Waals surface area contributed by atoms with E-state index in [4.69, 9.17) is 34.7 Å². The first-order valence-corrected chi connectivity index (χ1v) is 7.47. The highest BCUT2D eigenvalue weighted by molar-refractivity contribution is 7.98. The maximum absolute atomic E-state index is 11.0. The molecule has 1 amide bonds. The lowest BCUT2D eigenvalue weighted by molar-refractivity contribution is 0.100. The van der Waals surface area contributed by atoms with Crippen LogP contribution in [0.5, 0.6) is 0 Å². The molecule has 0 bridgehead atoms. The summed E-state index contributed by atoms with van der Waals surface area (Å²) in [5, 5.41) is 1.12. The van der Waals surface area contributed by atoms with Crippen molar-refractivity contribution in [1.82, 2.24) is 0 Å². The van der Waals surface area contributed by atoms with Gasteiger partial charge in [0, 0.05) is 31.9 Å². The Labute approximate surface area is 131 Å². The lowest BCUT2D eigenvalue weighted by Gasteiger charge is -2.08. The molecular weight excluding hydrogens is 315 g/mol. The number of rotatable bonds is 4. The summed E-state index contributed by atoms with van der Waals surface area (Å²) in [6, 6.07) is 10.4. The number of anilines is 1. The SMILES string of the molecule is NC(=O)c1ccc(CSc2ccc(Cl)cc2N)c(Cl)c1. The van der Waals surface area contributed by atoms with Crippen LogP contribution in [0.3, 0.4) is 0 Å². The fraction of sp³-hybridized carbons (Fsp3) is 0.0714. The molecule has 0 aliphatic carbocycles. The highest BCUT2D eigenvalue weighted by Crippen LogP contribution is 2.32. The molecule has 0 saturated carbocycles. The van der Waals surface area contributed by atoms with Crippen LogP contribution in [0.4, 0.5) is 5.69 Å². The van der Waals surface area contributed by atoms with E-state index in [0.717, 1.165) is 10.5 Å².